The summed E-state index contributed by atoms with van der Waals surface area (Å²) in [6.07, 6.45) is 0. The van der Waals surface area contributed by atoms with Crippen LogP contribution in [0.5, 0.6) is 0 Å². The van der Waals surface area contributed by atoms with E-state index in [1.54, 1.807) is 43.3 Å². The lowest BCUT2D eigenvalue weighted by molar-refractivity contribution is -0.114. The number of hydrogen-bond acceptors (Lipinski definition) is 3. The molecule has 1 N–H and O–H groups in total. The third-order valence-corrected chi connectivity index (χ3v) is 6.47. The number of benzene rings is 3. The summed E-state index contributed by atoms with van der Waals surface area (Å²) in [4.78, 5) is 12.7. The van der Waals surface area contributed by atoms with Gasteiger partial charge in [-0.25, -0.2) is 12.8 Å². The van der Waals surface area contributed by atoms with E-state index in [0.717, 1.165) is 16.4 Å². The number of nitrogens with zero attached hydrogens (tertiary/aromatic N) is 1. The Bertz CT molecular complexity index is 1120. The van der Waals surface area contributed by atoms with Crippen molar-refractivity contribution in [3.63, 3.8) is 0 Å². The van der Waals surface area contributed by atoms with Crippen molar-refractivity contribution < 1.29 is 17.6 Å². The fourth-order valence-corrected chi connectivity index (χ4v) is 4.32. The summed E-state index contributed by atoms with van der Waals surface area (Å²) in [6, 6.07) is 17.7. The first kappa shape index (κ1) is 20.8. The summed E-state index contributed by atoms with van der Waals surface area (Å²) in [6.45, 7) is 1.26. The molecule has 0 unspecified atom stereocenters. The van der Waals surface area contributed by atoms with Gasteiger partial charge in [0, 0.05) is 10.7 Å². The van der Waals surface area contributed by atoms with Crippen LogP contribution >= 0.6 is 11.6 Å². The van der Waals surface area contributed by atoms with E-state index >= 15 is 0 Å². The van der Waals surface area contributed by atoms with E-state index in [1.165, 1.54) is 24.3 Å². The van der Waals surface area contributed by atoms with Crippen molar-refractivity contribution in [2.75, 3.05) is 16.2 Å². The van der Waals surface area contributed by atoms with Crippen molar-refractivity contribution in [2.45, 2.75) is 11.8 Å². The molecule has 0 aliphatic rings. The van der Waals surface area contributed by atoms with Crippen LogP contribution in [0.3, 0.4) is 0 Å². The van der Waals surface area contributed by atoms with Crippen molar-refractivity contribution in [3.05, 3.63) is 89.2 Å². The minimum Gasteiger partial charge on any atom is -0.324 e. The molecule has 8 heteroatoms. The highest BCUT2D eigenvalue weighted by molar-refractivity contribution is 7.92. The maximum Gasteiger partial charge on any atom is 0.264 e. The van der Waals surface area contributed by atoms with Gasteiger partial charge in [0.2, 0.25) is 5.91 Å². The van der Waals surface area contributed by atoms with Gasteiger partial charge in [-0.1, -0.05) is 35.9 Å². The zero-order valence-corrected chi connectivity index (χ0v) is 17.0. The van der Waals surface area contributed by atoms with Crippen LogP contribution in [0.2, 0.25) is 5.02 Å². The Kier molecular flexibility index (Phi) is 6.20. The fraction of sp³-hybridized carbons (Fsp3) is 0.0952. The number of rotatable bonds is 6. The first-order valence-electron chi connectivity index (χ1n) is 8.67. The number of carbonyl (C=O) groups is 1. The molecule has 0 aliphatic carbocycles. The van der Waals surface area contributed by atoms with Crippen LogP contribution in [0, 0.1) is 12.7 Å². The van der Waals surface area contributed by atoms with Crippen LogP contribution in [0.1, 0.15) is 5.56 Å². The minimum atomic E-state index is -4.05. The SMILES string of the molecule is Cc1c(Cl)cccc1NC(=O)CN(c1ccc(F)cc1)S(=O)(=O)c1ccccc1. The summed E-state index contributed by atoms with van der Waals surface area (Å²) in [5.41, 5.74) is 1.33. The standard InChI is InChI=1S/C21H18ClFN2O3S/c1-15-19(22)8-5-9-20(15)24-21(26)14-25(17-12-10-16(23)11-13-17)29(27,28)18-6-3-2-4-7-18/h2-13H,14H2,1H3,(H,24,26). The maximum atomic E-state index is 13.3. The molecule has 0 bridgehead atoms. The molecule has 0 aliphatic heterocycles. The molecule has 0 aromatic heterocycles. The Morgan fingerprint density at radius 1 is 1.00 bits per heavy atom. The number of nitrogens with one attached hydrogen (secondary N) is 1. The third kappa shape index (κ3) is 4.75. The smallest absolute Gasteiger partial charge is 0.264 e. The quantitative estimate of drug-likeness (QED) is 0.618. The van der Waals surface area contributed by atoms with E-state index in [2.05, 4.69) is 5.32 Å². The van der Waals surface area contributed by atoms with Crippen molar-refractivity contribution in [1.82, 2.24) is 0 Å². The van der Waals surface area contributed by atoms with Crippen LogP contribution in [-0.4, -0.2) is 20.9 Å². The lowest BCUT2D eigenvalue weighted by Crippen LogP contribution is -2.38. The normalized spacial score (nSPS) is 11.1. The molecule has 150 valence electrons. The summed E-state index contributed by atoms with van der Waals surface area (Å²) in [5.74, 6) is -1.07. The molecule has 3 aromatic rings. The molecule has 3 aromatic carbocycles. The van der Waals surface area contributed by atoms with Crippen LogP contribution in [0.15, 0.2) is 77.7 Å². The highest BCUT2D eigenvalue weighted by atomic mass is 35.5. The number of anilines is 2. The van der Waals surface area contributed by atoms with Gasteiger partial charge < -0.3 is 5.32 Å². The number of sulfonamides is 1. The molecule has 0 atom stereocenters. The summed E-state index contributed by atoms with van der Waals surface area (Å²) in [7, 11) is -4.05. The van der Waals surface area contributed by atoms with E-state index < -0.39 is 28.3 Å². The first-order valence-corrected chi connectivity index (χ1v) is 10.5. The molecule has 0 spiro atoms. The van der Waals surface area contributed by atoms with Gasteiger partial charge in [0.1, 0.15) is 12.4 Å². The van der Waals surface area contributed by atoms with E-state index in [-0.39, 0.29) is 10.6 Å². The second-order valence-corrected chi connectivity index (χ2v) is 8.53. The van der Waals surface area contributed by atoms with Crippen LogP contribution in [0.25, 0.3) is 0 Å². The summed E-state index contributed by atoms with van der Waals surface area (Å²) >= 11 is 6.07. The average molecular weight is 433 g/mol. The predicted molar refractivity (Wildman–Crippen MR) is 112 cm³/mol. The highest BCUT2D eigenvalue weighted by Crippen LogP contribution is 2.25. The number of carbonyl (C=O) groups excluding carboxylic acids is 1. The molecule has 0 heterocycles. The van der Waals surface area contributed by atoms with Gasteiger partial charge in [-0.05, 0) is 61.0 Å². The molecule has 0 fully saturated rings. The molecule has 1 amide bonds. The Morgan fingerprint density at radius 3 is 2.31 bits per heavy atom. The molecule has 0 radical (unpaired) electrons. The maximum absolute atomic E-state index is 13.3. The van der Waals surface area contributed by atoms with Gasteiger partial charge in [-0.15, -0.1) is 0 Å². The van der Waals surface area contributed by atoms with Crippen molar-refractivity contribution >= 4 is 38.9 Å². The zero-order chi connectivity index (χ0) is 21.0. The lowest BCUT2D eigenvalue weighted by atomic mass is 10.2. The molecule has 3 rings (SSSR count). The molecule has 0 saturated carbocycles. The van der Waals surface area contributed by atoms with Crippen molar-refractivity contribution in [2.24, 2.45) is 0 Å². The lowest BCUT2D eigenvalue weighted by Gasteiger charge is -2.24. The van der Waals surface area contributed by atoms with Crippen LogP contribution in [-0.2, 0) is 14.8 Å². The monoisotopic (exact) mass is 432 g/mol. The summed E-state index contributed by atoms with van der Waals surface area (Å²) < 4.78 is 40.6. The van der Waals surface area contributed by atoms with Gasteiger partial charge in [-0.3, -0.25) is 9.10 Å². The first-order chi connectivity index (χ1) is 13.8. The minimum absolute atomic E-state index is 0.0241. The van der Waals surface area contributed by atoms with E-state index in [1.807, 2.05) is 0 Å². The number of halogens is 2. The van der Waals surface area contributed by atoms with Gasteiger partial charge in [0.25, 0.3) is 10.0 Å². The van der Waals surface area contributed by atoms with Crippen molar-refractivity contribution in [1.29, 1.82) is 0 Å². The average Bonchev–Trinajstić information content (AvgIpc) is 2.71. The number of hydrogen-bond donors (Lipinski definition) is 1. The molecule has 29 heavy (non-hydrogen) atoms. The number of amides is 1. The molecular weight excluding hydrogens is 415 g/mol. The van der Waals surface area contributed by atoms with Crippen molar-refractivity contribution in [3.8, 4) is 0 Å². The Hall–Kier alpha value is -2.90. The van der Waals surface area contributed by atoms with Gasteiger partial charge >= 0.3 is 0 Å². The van der Waals surface area contributed by atoms with Crippen LogP contribution < -0.4 is 9.62 Å². The molecular formula is C21H18ClFN2O3S. The second kappa shape index (κ2) is 8.63. The molecule has 5 nitrogen and oxygen atoms in total. The van der Waals surface area contributed by atoms with E-state index in [4.69, 9.17) is 11.6 Å². The zero-order valence-electron chi connectivity index (χ0n) is 15.5. The largest absolute Gasteiger partial charge is 0.324 e. The topological polar surface area (TPSA) is 66.5 Å². The second-order valence-electron chi connectivity index (χ2n) is 6.26. The fourth-order valence-electron chi connectivity index (χ4n) is 2.71. The van der Waals surface area contributed by atoms with Gasteiger partial charge in [0.05, 0.1) is 10.6 Å². The third-order valence-electron chi connectivity index (χ3n) is 4.27. The van der Waals surface area contributed by atoms with Gasteiger partial charge in [-0.2, -0.15) is 0 Å². The van der Waals surface area contributed by atoms with Crippen LogP contribution in [0.4, 0.5) is 15.8 Å². The Balaban J connectivity index is 1.94. The Morgan fingerprint density at radius 2 is 1.66 bits per heavy atom. The van der Waals surface area contributed by atoms with E-state index in [9.17, 15) is 17.6 Å². The Labute approximate surface area is 173 Å². The van der Waals surface area contributed by atoms with E-state index in [0.29, 0.717) is 16.3 Å². The summed E-state index contributed by atoms with van der Waals surface area (Å²) in [5, 5.41) is 3.16. The highest BCUT2D eigenvalue weighted by Gasteiger charge is 2.27. The molecule has 0 saturated heterocycles. The predicted octanol–water partition coefficient (Wildman–Crippen LogP) is 4.62. The van der Waals surface area contributed by atoms with Gasteiger partial charge in [0.15, 0.2) is 0 Å².